The maximum atomic E-state index is 6.01. The lowest BCUT2D eigenvalue weighted by atomic mass is 9.99. The van der Waals surface area contributed by atoms with Crippen LogP contribution in [0, 0.1) is 0 Å². The number of hydrogen-bond donors (Lipinski definition) is 0. The molecule has 2 atom stereocenters. The third-order valence-electron chi connectivity index (χ3n) is 2.69. The third-order valence-corrected chi connectivity index (χ3v) is 3.67. The van der Waals surface area contributed by atoms with Crippen LogP contribution < -0.4 is 0 Å². The van der Waals surface area contributed by atoms with Crippen LogP contribution in [0.15, 0.2) is 30.3 Å². The molecule has 1 fully saturated rings. The molecule has 1 aromatic rings. The molecule has 0 aromatic heterocycles. The van der Waals surface area contributed by atoms with Gasteiger partial charge in [0.05, 0.1) is 12.2 Å². The Hall–Kier alpha value is -0.0900. The zero-order valence-corrected chi connectivity index (χ0v) is 10.3. The van der Waals surface area contributed by atoms with E-state index in [2.05, 4.69) is 52.9 Å². The third kappa shape index (κ3) is 2.48. The van der Waals surface area contributed by atoms with Crippen molar-refractivity contribution in [2.24, 2.45) is 0 Å². The number of rotatable bonds is 2. The number of halogens is 1. The molecule has 76 valence electrons. The van der Waals surface area contributed by atoms with Crippen molar-refractivity contribution in [2.75, 3.05) is 4.43 Å². The monoisotopic (exact) mass is 302 g/mol. The minimum atomic E-state index is 0.338. The molecule has 0 unspecified atom stereocenters. The van der Waals surface area contributed by atoms with Crippen LogP contribution in [0.4, 0.5) is 0 Å². The first-order valence-electron chi connectivity index (χ1n) is 5.16. The first kappa shape index (κ1) is 10.4. The van der Waals surface area contributed by atoms with Gasteiger partial charge >= 0.3 is 0 Å². The van der Waals surface area contributed by atoms with Gasteiger partial charge in [-0.2, -0.15) is 0 Å². The Kier molecular flexibility index (Phi) is 3.81. The van der Waals surface area contributed by atoms with Crippen LogP contribution in [0.3, 0.4) is 0 Å². The van der Waals surface area contributed by atoms with Crippen molar-refractivity contribution in [3.63, 3.8) is 0 Å². The Morgan fingerprint density at radius 1 is 1.21 bits per heavy atom. The van der Waals surface area contributed by atoms with Crippen molar-refractivity contribution < 1.29 is 4.74 Å². The molecule has 1 heterocycles. The summed E-state index contributed by atoms with van der Waals surface area (Å²) in [5.41, 5.74) is 1.34. The number of ether oxygens (including phenoxy) is 1. The zero-order chi connectivity index (χ0) is 9.80. The fourth-order valence-corrected chi connectivity index (χ4v) is 2.57. The summed E-state index contributed by atoms with van der Waals surface area (Å²) in [6.45, 7) is 0. The van der Waals surface area contributed by atoms with Gasteiger partial charge in [0.25, 0.3) is 0 Å². The second kappa shape index (κ2) is 5.12. The van der Waals surface area contributed by atoms with Crippen molar-refractivity contribution in [1.29, 1.82) is 0 Å². The van der Waals surface area contributed by atoms with Crippen LogP contribution in [0.1, 0.15) is 30.9 Å². The van der Waals surface area contributed by atoms with Crippen LogP contribution >= 0.6 is 22.6 Å². The van der Waals surface area contributed by atoms with Gasteiger partial charge in [-0.25, -0.2) is 0 Å². The molecule has 1 aromatic carbocycles. The summed E-state index contributed by atoms with van der Waals surface area (Å²) in [5, 5.41) is 0. The van der Waals surface area contributed by atoms with E-state index < -0.39 is 0 Å². The highest BCUT2D eigenvalue weighted by Gasteiger charge is 2.22. The molecular formula is C12H15IO. The maximum Gasteiger partial charge on any atom is 0.0829 e. The maximum absolute atomic E-state index is 6.01. The number of alkyl halides is 1. The van der Waals surface area contributed by atoms with Gasteiger partial charge < -0.3 is 4.74 Å². The van der Waals surface area contributed by atoms with Gasteiger partial charge in [0, 0.05) is 4.43 Å². The van der Waals surface area contributed by atoms with Gasteiger partial charge in [-0.15, -0.1) is 0 Å². The molecule has 14 heavy (non-hydrogen) atoms. The number of benzene rings is 1. The highest BCUT2D eigenvalue weighted by atomic mass is 127. The van der Waals surface area contributed by atoms with Crippen molar-refractivity contribution in [3.8, 4) is 0 Å². The summed E-state index contributed by atoms with van der Waals surface area (Å²) in [6, 6.07) is 10.6. The molecule has 0 aliphatic carbocycles. The van der Waals surface area contributed by atoms with E-state index in [1.807, 2.05) is 0 Å². The Morgan fingerprint density at radius 3 is 2.71 bits per heavy atom. The SMILES string of the molecule is IC[C@@H]1CCC[C@H](c2ccccc2)O1. The predicted octanol–water partition coefficient (Wildman–Crippen LogP) is 3.73. The molecule has 1 saturated heterocycles. The van der Waals surface area contributed by atoms with Crippen LogP contribution in [0.25, 0.3) is 0 Å². The molecule has 1 aliphatic heterocycles. The van der Waals surface area contributed by atoms with Crippen LogP contribution in [0.2, 0.25) is 0 Å². The molecule has 0 spiro atoms. The summed E-state index contributed by atoms with van der Waals surface area (Å²) in [4.78, 5) is 0. The van der Waals surface area contributed by atoms with Gasteiger partial charge in [-0.3, -0.25) is 0 Å². The Balaban J connectivity index is 2.04. The fraction of sp³-hybridized carbons (Fsp3) is 0.500. The summed E-state index contributed by atoms with van der Waals surface area (Å²) in [7, 11) is 0. The molecule has 0 N–H and O–H groups in total. The summed E-state index contributed by atoms with van der Waals surface area (Å²) in [5.74, 6) is 0. The molecule has 0 saturated carbocycles. The molecule has 0 bridgehead atoms. The lowest BCUT2D eigenvalue weighted by Gasteiger charge is -2.29. The van der Waals surface area contributed by atoms with E-state index >= 15 is 0 Å². The van der Waals surface area contributed by atoms with Gasteiger partial charge in [0.2, 0.25) is 0 Å². The molecule has 0 amide bonds. The second-order valence-electron chi connectivity index (χ2n) is 3.74. The quantitative estimate of drug-likeness (QED) is 0.597. The summed E-state index contributed by atoms with van der Waals surface area (Å²) >= 11 is 2.41. The van der Waals surface area contributed by atoms with Crippen molar-refractivity contribution in [2.45, 2.75) is 31.5 Å². The topological polar surface area (TPSA) is 9.23 Å². The van der Waals surface area contributed by atoms with Gasteiger partial charge in [0.15, 0.2) is 0 Å². The normalized spacial score (nSPS) is 27.5. The second-order valence-corrected chi connectivity index (χ2v) is 4.62. The average Bonchev–Trinajstić information content (AvgIpc) is 2.30. The number of hydrogen-bond acceptors (Lipinski definition) is 1. The molecule has 2 rings (SSSR count). The van der Waals surface area contributed by atoms with Crippen LogP contribution in [-0.2, 0) is 4.74 Å². The average molecular weight is 302 g/mol. The van der Waals surface area contributed by atoms with Crippen LogP contribution in [0.5, 0.6) is 0 Å². The smallest absolute Gasteiger partial charge is 0.0829 e. The lowest BCUT2D eigenvalue weighted by Crippen LogP contribution is -2.23. The molecule has 1 aliphatic rings. The predicted molar refractivity (Wildman–Crippen MR) is 66.8 cm³/mol. The lowest BCUT2D eigenvalue weighted by molar-refractivity contribution is -0.0375. The molecule has 0 radical (unpaired) electrons. The highest BCUT2D eigenvalue weighted by Crippen LogP contribution is 2.31. The minimum Gasteiger partial charge on any atom is -0.370 e. The van der Waals surface area contributed by atoms with E-state index in [-0.39, 0.29) is 0 Å². The van der Waals surface area contributed by atoms with E-state index in [0.29, 0.717) is 12.2 Å². The molecule has 2 heteroatoms. The zero-order valence-electron chi connectivity index (χ0n) is 8.16. The Labute approximate surface area is 99.0 Å². The summed E-state index contributed by atoms with van der Waals surface area (Å²) < 4.78 is 7.13. The van der Waals surface area contributed by atoms with Crippen LogP contribution in [-0.4, -0.2) is 10.5 Å². The Bertz CT molecular complexity index is 273. The largest absolute Gasteiger partial charge is 0.370 e. The first-order chi connectivity index (χ1) is 6.90. The molecule has 1 nitrogen and oxygen atoms in total. The fourth-order valence-electron chi connectivity index (χ4n) is 1.93. The van der Waals surface area contributed by atoms with Gasteiger partial charge in [-0.1, -0.05) is 52.9 Å². The van der Waals surface area contributed by atoms with Crippen molar-refractivity contribution in [1.82, 2.24) is 0 Å². The summed E-state index contributed by atoms with van der Waals surface area (Å²) in [6.07, 6.45) is 4.51. The van der Waals surface area contributed by atoms with E-state index in [1.54, 1.807) is 0 Å². The van der Waals surface area contributed by atoms with E-state index in [1.165, 1.54) is 24.8 Å². The van der Waals surface area contributed by atoms with Gasteiger partial charge in [-0.05, 0) is 24.8 Å². The minimum absolute atomic E-state index is 0.338. The Morgan fingerprint density at radius 2 is 2.00 bits per heavy atom. The standard InChI is InChI=1S/C12H15IO/c13-9-11-7-4-8-12(14-11)10-5-2-1-3-6-10/h1-3,5-6,11-12H,4,7-9H2/t11-,12+/m0/s1. The van der Waals surface area contributed by atoms with E-state index in [9.17, 15) is 0 Å². The van der Waals surface area contributed by atoms with Gasteiger partial charge in [0.1, 0.15) is 0 Å². The van der Waals surface area contributed by atoms with Crippen molar-refractivity contribution in [3.05, 3.63) is 35.9 Å². The first-order valence-corrected chi connectivity index (χ1v) is 6.69. The van der Waals surface area contributed by atoms with E-state index in [0.717, 1.165) is 4.43 Å². The molecular weight excluding hydrogens is 287 g/mol. The van der Waals surface area contributed by atoms with Crippen molar-refractivity contribution >= 4 is 22.6 Å². The van der Waals surface area contributed by atoms with E-state index in [4.69, 9.17) is 4.74 Å². The highest BCUT2D eigenvalue weighted by molar-refractivity contribution is 14.1.